The fourth-order valence-corrected chi connectivity index (χ4v) is 4.14. The van der Waals surface area contributed by atoms with Crippen LogP contribution in [0.5, 0.6) is 0 Å². The number of non-ortho nitro benzene ring substituents is 1. The first-order chi connectivity index (χ1) is 15.2. The zero-order valence-corrected chi connectivity index (χ0v) is 17.7. The number of hydrogen-bond donors (Lipinski definition) is 1. The third-order valence-corrected chi connectivity index (χ3v) is 5.93. The smallest absolute Gasteiger partial charge is 0.270 e. The Labute approximate surface area is 184 Å². The van der Waals surface area contributed by atoms with Crippen LogP contribution in [-0.4, -0.2) is 31.2 Å². The Bertz CT molecular complexity index is 1330. The van der Waals surface area contributed by atoms with Crippen LogP contribution in [0.4, 0.5) is 11.4 Å². The van der Waals surface area contributed by atoms with Crippen molar-refractivity contribution >= 4 is 27.3 Å². The number of nitriles is 1. The molecule has 0 saturated heterocycles. The Morgan fingerprint density at radius 1 is 1.09 bits per heavy atom. The second-order valence-electron chi connectivity index (χ2n) is 6.88. The van der Waals surface area contributed by atoms with E-state index in [0.717, 1.165) is 11.6 Å². The van der Waals surface area contributed by atoms with Crippen LogP contribution in [0.15, 0.2) is 77.7 Å². The molecular formula is C22H18N4O5S. The van der Waals surface area contributed by atoms with Gasteiger partial charge in [-0.2, -0.15) is 5.26 Å². The number of rotatable bonds is 7. The van der Waals surface area contributed by atoms with E-state index in [4.69, 9.17) is 5.26 Å². The minimum Gasteiger partial charge on any atom is -0.337 e. The molecule has 0 aliphatic heterocycles. The lowest BCUT2D eigenvalue weighted by atomic mass is 10.1. The van der Waals surface area contributed by atoms with E-state index in [2.05, 4.69) is 4.72 Å². The number of hydrogen-bond acceptors (Lipinski definition) is 6. The van der Waals surface area contributed by atoms with Crippen molar-refractivity contribution in [3.63, 3.8) is 0 Å². The van der Waals surface area contributed by atoms with Crippen LogP contribution in [0.3, 0.4) is 0 Å². The minimum atomic E-state index is -4.18. The van der Waals surface area contributed by atoms with Crippen molar-refractivity contribution in [1.29, 1.82) is 5.26 Å². The van der Waals surface area contributed by atoms with Gasteiger partial charge < -0.3 is 4.90 Å². The largest absolute Gasteiger partial charge is 0.337 e. The summed E-state index contributed by atoms with van der Waals surface area (Å²) in [5, 5.41) is 20.0. The van der Waals surface area contributed by atoms with Gasteiger partial charge in [-0.05, 0) is 35.9 Å². The van der Waals surface area contributed by atoms with Crippen LogP contribution in [0.1, 0.15) is 21.5 Å². The van der Waals surface area contributed by atoms with E-state index in [9.17, 15) is 23.3 Å². The molecule has 3 rings (SSSR count). The lowest BCUT2D eigenvalue weighted by Gasteiger charge is -2.20. The highest BCUT2D eigenvalue weighted by molar-refractivity contribution is 7.92. The van der Waals surface area contributed by atoms with Crippen molar-refractivity contribution in [3.8, 4) is 6.07 Å². The maximum atomic E-state index is 13.0. The number of nitro benzene ring substituents is 1. The lowest BCUT2D eigenvalue weighted by Crippen LogP contribution is -2.27. The van der Waals surface area contributed by atoms with Gasteiger partial charge in [-0.25, -0.2) is 8.42 Å². The Hall–Kier alpha value is -4.23. The molecule has 0 aliphatic carbocycles. The van der Waals surface area contributed by atoms with E-state index in [-0.39, 0.29) is 28.4 Å². The van der Waals surface area contributed by atoms with Gasteiger partial charge in [0.25, 0.3) is 21.6 Å². The van der Waals surface area contributed by atoms with Gasteiger partial charge in [-0.1, -0.05) is 30.3 Å². The molecule has 162 valence electrons. The summed E-state index contributed by atoms with van der Waals surface area (Å²) < 4.78 is 27.9. The quantitative estimate of drug-likeness (QED) is 0.432. The molecular weight excluding hydrogens is 432 g/mol. The summed E-state index contributed by atoms with van der Waals surface area (Å²) >= 11 is 0. The molecule has 10 heteroatoms. The molecule has 9 nitrogen and oxygen atoms in total. The van der Waals surface area contributed by atoms with E-state index < -0.39 is 20.9 Å². The standard InChI is InChI=1S/C22H18N4O5S/c1-25(15-17-7-4-6-16(12-17)14-23)22(27)20-10-2-3-11-21(20)24-32(30,31)19-9-5-8-18(13-19)26(28)29/h2-13,24H,15H2,1H3. The molecule has 3 aromatic rings. The van der Waals surface area contributed by atoms with Crippen molar-refractivity contribution in [1.82, 2.24) is 4.90 Å². The Balaban J connectivity index is 1.86. The number of nitrogens with zero attached hydrogens (tertiary/aromatic N) is 3. The highest BCUT2D eigenvalue weighted by Gasteiger charge is 2.22. The summed E-state index contributed by atoms with van der Waals surface area (Å²) in [6.45, 7) is 0.209. The number of benzene rings is 3. The normalized spacial score (nSPS) is 10.8. The predicted molar refractivity (Wildman–Crippen MR) is 117 cm³/mol. The third kappa shape index (κ3) is 5.08. The van der Waals surface area contributed by atoms with E-state index in [0.29, 0.717) is 5.56 Å². The molecule has 0 spiro atoms. The van der Waals surface area contributed by atoms with Crippen molar-refractivity contribution in [2.24, 2.45) is 0 Å². The van der Waals surface area contributed by atoms with E-state index >= 15 is 0 Å². The van der Waals surface area contributed by atoms with Crippen LogP contribution in [0.2, 0.25) is 0 Å². The van der Waals surface area contributed by atoms with Gasteiger partial charge in [0, 0.05) is 25.7 Å². The van der Waals surface area contributed by atoms with Gasteiger partial charge in [-0.15, -0.1) is 0 Å². The number of para-hydroxylation sites is 1. The summed E-state index contributed by atoms with van der Waals surface area (Å²) in [5.41, 5.74) is 1.00. The minimum absolute atomic E-state index is 0.0432. The Morgan fingerprint density at radius 3 is 2.53 bits per heavy atom. The number of carbonyl (C=O) groups excluding carboxylic acids is 1. The average Bonchev–Trinajstić information content (AvgIpc) is 2.79. The van der Waals surface area contributed by atoms with Crippen molar-refractivity contribution < 1.29 is 18.1 Å². The van der Waals surface area contributed by atoms with Crippen molar-refractivity contribution in [3.05, 3.63) is 99.6 Å². The first-order valence-corrected chi connectivity index (χ1v) is 10.8. The molecule has 0 aromatic heterocycles. The molecule has 32 heavy (non-hydrogen) atoms. The second-order valence-corrected chi connectivity index (χ2v) is 8.56. The highest BCUT2D eigenvalue weighted by atomic mass is 32.2. The number of nitro groups is 1. The first kappa shape index (κ1) is 22.5. The van der Waals surface area contributed by atoms with Crippen LogP contribution >= 0.6 is 0 Å². The van der Waals surface area contributed by atoms with Crippen LogP contribution < -0.4 is 4.72 Å². The van der Waals surface area contributed by atoms with Crippen LogP contribution in [0.25, 0.3) is 0 Å². The van der Waals surface area contributed by atoms with Crippen molar-refractivity contribution in [2.75, 3.05) is 11.8 Å². The SMILES string of the molecule is CN(Cc1cccc(C#N)c1)C(=O)c1ccccc1NS(=O)(=O)c1cccc([N+](=O)[O-])c1. The first-order valence-electron chi connectivity index (χ1n) is 9.32. The monoisotopic (exact) mass is 450 g/mol. The number of nitrogens with one attached hydrogen (secondary N) is 1. The van der Waals surface area contributed by atoms with E-state index in [1.807, 2.05) is 6.07 Å². The molecule has 0 atom stereocenters. The lowest BCUT2D eigenvalue weighted by molar-refractivity contribution is -0.385. The molecule has 1 N–H and O–H groups in total. The van der Waals surface area contributed by atoms with Crippen molar-refractivity contribution in [2.45, 2.75) is 11.4 Å². The summed E-state index contributed by atoms with van der Waals surface area (Å²) in [7, 11) is -2.62. The van der Waals surface area contributed by atoms with Gasteiger partial charge in [-0.3, -0.25) is 19.6 Å². The third-order valence-electron chi connectivity index (χ3n) is 4.56. The number of anilines is 1. The molecule has 0 unspecified atom stereocenters. The number of sulfonamides is 1. The Kier molecular flexibility index (Phi) is 6.51. The summed E-state index contributed by atoms with van der Waals surface area (Å²) in [5.74, 6) is -0.440. The molecule has 0 saturated carbocycles. The highest BCUT2D eigenvalue weighted by Crippen LogP contribution is 2.24. The Morgan fingerprint density at radius 2 is 1.81 bits per heavy atom. The number of amides is 1. The maximum absolute atomic E-state index is 13.0. The van der Waals surface area contributed by atoms with Gasteiger partial charge in [0.2, 0.25) is 0 Å². The number of carbonyl (C=O) groups is 1. The van der Waals surface area contributed by atoms with Gasteiger partial charge in [0.05, 0.1) is 32.7 Å². The maximum Gasteiger partial charge on any atom is 0.270 e. The fraction of sp³-hybridized carbons (Fsp3) is 0.0909. The molecule has 0 aliphatic rings. The van der Waals surface area contributed by atoms with E-state index in [1.54, 1.807) is 43.4 Å². The van der Waals surface area contributed by atoms with Gasteiger partial charge in [0.1, 0.15) is 0 Å². The zero-order valence-electron chi connectivity index (χ0n) is 16.9. The van der Waals surface area contributed by atoms with Crippen LogP contribution in [0, 0.1) is 21.4 Å². The zero-order chi connectivity index (χ0) is 23.3. The summed E-state index contributed by atoms with van der Waals surface area (Å²) in [6, 6.07) is 19.6. The molecule has 1 amide bonds. The second kappa shape index (κ2) is 9.28. The topological polar surface area (TPSA) is 133 Å². The van der Waals surface area contributed by atoms with Gasteiger partial charge in [0.15, 0.2) is 0 Å². The molecule has 0 bridgehead atoms. The average molecular weight is 450 g/mol. The van der Waals surface area contributed by atoms with E-state index in [1.165, 1.54) is 35.2 Å². The summed E-state index contributed by atoms with van der Waals surface area (Å²) in [6.07, 6.45) is 0. The van der Waals surface area contributed by atoms with Gasteiger partial charge >= 0.3 is 0 Å². The molecule has 3 aromatic carbocycles. The fourth-order valence-electron chi connectivity index (χ4n) is 3.02. The van der Waals surface area contributed by atoms with Crippen LogP contribution in [-0.2, 0) is 16.6 Å². The molecule has 0 radical (unpaired) electrons. The molecule has 0 heterocycles. The predicted octanol–water partition coefficient (Wildman–Crippen LogP) is 3.54. The summed E-state index contributed by atoms with van der Waals surface area (Å²) in [4.78, 5) is 24.4. The molecule has 0 fully saturated rings.